The summed E-state index contributed by atoms with van der Waals surface area (Å²) < 4.78 is 0. The van der Waals surface area contributed by atoms with Crippen LogP contribution >= 0.6 is 0 Å². The Balaban J connectivity index is 2.43. The lowest BCUT2D eigenvalue weighted by atomic mass is 10.0. The Morgan fingerprint density at radius 2 is 2.29 bits per heavy atom. The van der Waals surface area contributed by atoms with E-state index in [2.05, 4.69) is 10.6 Å². The average molecular weight is 198 g/mol. The molecule has 0 radical (unpaired) electrons. The molecule has 0 spiro atoms. The zero-order chi connectivity index (χ0) is 10.6. The van der Waals surface area contributed by atoms with Gasteiger partial charge in [0.15, 0.2) is 0 Å². The van der Waals surface area contributed by atoms with Crippen molar-refractivity contribution in [3.63, 3.8) is 0 Å². The maximum atomic E-state index is 11.2. The highest BCUT2D eigenvalue weighted by Gasteiger charge is 2.30. The van der Waals surface area contributed by atoms with Crippen molar-refractivity contribution >= 4 is 11.9 Å². The lowest BCUT2D eigenvalue weighted by Crippen LogP contribution is -2.46. The second-order valence-electron chi connectivity index (χ2n) is 3.60. The fourth-order valence-electron chi connectivity index (χ4n) is 1.89. The Bertz CT molecular complexity index is 229. The van der Waals surface area contributed by atoms with Crippen LogP contribution in [-0.4, -0.2) is 24.5 Å². The number of carbonyl (C=O) groups is 1. The minimum absolute atomic E-state index is 0.0256. The Morgan fingerprint density at radius 1 is 1.57 bits per heavy atom. The van der Waals surface area contributed by atoms with E-state index in [4.69, 9.17) is 11.1 Å². The predicted octanol–water partition coefficient (Wildman–Crippen LogP) is 0.410. The summed E-state index contributed by atoms with van der Waals surface area (Å²) >= 11 is 0. The molecular formula is C9H18N4O. The van der Waals surface area contributed by atoms with Crippen LogP contribution in [0.4, 0.5) is 4.79 Å². The number of nitrogens with one attached hydrogen (secondary N) is 3. The van der Waals surface area contributed by atoms with E-state index in [1.165, 1.54) is 0 Å². The van der Waals surface area contributed by atoms with Crippen LogP contribution in [0.3, 0.4) is 0 Å². The summed E-state index contributed by atoms with van der Waals surface area (Å²) in [5.41, 5.74) is 5.45. The van der Waals surface area contributed by atoms with Crippen LogP contribution in [0.5, 0.6) is 0 Å². The van der Waals surface area contributed by atoms with Crippen molar-refractivity contribution < 1.29 is 4.79 Å². The standard InChI is InChI=1S/C9H18N4O/c1-2-12-9(14)13-7-5-3-4-6(7)8(10)11/h6-7H,2-5H2,1H3,(H3,10,11)(H2,12,13,14). The van der Waals surface area contributed by atoms with E-state index in [1.54, 1.807) is 0 Å². The molecule has 14 heavy (non-hydrogen) atoms. The molecule has 0 bridgehead atoms. The summed E-state index contributed by atoms with van der Waals surface area (Å²) in [6, 6.07) is -0.121. The molecule has 1 aliphatic carbocycles. The highest BCUT2D eigenvalue weighted by atomic mass is 16.2. The van der Waals surface area contributed by atoms with Crippen molar-refractivity contribution in [2.75, 3.05) is 6.54 Å². The molecule has 1 aliphatic rings. The van der Waals surface area contributed by atoms with Gasteiger partial charge in [-0.25, -0.2) is 4.79 Å². The van der Waals surface area contributed by atoms with Gasteiger partial charge in [0.1, 0.15) is 0 Å². The van der Waals surface area contributed by atoms with Crippen LogP contribution in [0.15, 0.2) is 0 Å². The minimum atomic E-state index is -0.161. The Hall–Kier alpha value is -1.26. The number of amidine groups is 1. The zero-order valence-electron chi connectivity index (χ0n) is 8.47. The SMILES string of the molecule is CCNC(=O)NC1CCCC1C(=N)N. The summed E-state index contributed by atoms with van der Waals surface area (Å²) in [6.45, 7) is 2.49. The summed E-state index contributed by atoms with van der Waals surface area (Å²) in [4.78, 5) is 11.2. The molecule has 0 heterocycles. The van der Waals surface area contributed by atoms with E-state index in [1.807, 2.05) is 6.92 Å². The molecule has 80 valence electrons. The molecule has 0 aromatic heterocycles. The van der Waals surface area contributed by atoms with E-state index >= 15 is 0 Å². The van der Waals surface area contributed by atoms with Gasteiger partial charge >= 0.3 is 6.03 Å². The van der Waals surface area contributed by atoms with Gasteiger partial charge in [0.05, 0.1) is 5.84 Å². The van der Waals surface area contributed by atoms with Crippen LogP contribution < -0.4 is 16.4 Å². The molecule has 0 aromatic rings. The second-order valence-corrected chi connectivity index (χ2v) is 3.60. The van der Waals surface area contributed by atoms with Gasteiger partial charge in [0, 0.05) is 18.5 Å². The highest BCUT2D eigenvalue weighted by Crippen LogP contribution is 2.25. The fraction of sp³-hybridized carbons (Fsp3) is 0.778. The molecule has 2 unspecified atom stereocenters. The summed E-state index contributed by atoms with van der Waals surface area (Å²) in [5.74, 6) is 0.210. The number of carbonyl (C=O) groups excluding carboxylic acids is 1. The van der Waals surface area contributed by atoms with Crippen LogP contribution in [0.2, 0.25) is 0 Å². The van der Waals surface area contributed by atoms with Crippen LogP contribution in [0.1, 0.15) is 26.2 Å². The van der Waals surface area contributed by atoms with Gasteiger partial charge in [-0.1, -0.05) is 6.42 Å². The van der Waals surface area contributed by atoms with Crippen molar-refractivity contribution in [3.05, 3.63) is 0 Å². The van der Waals surface area contributed by atoms with Crippen molar-refractivity contribution in [3.8, 4) is 0 Å². The topological polar surface area (TPSA) is 91.0 Å². The van der Waals surface area contributed by atoms with E-state index in [-0.39, 0.29) is 23.8 Å². The highest BCUT2D eigenvalue weighted by molar-refractivity contribution is 5.82. The Morgan fingerprint density at radius 3 is 2.86 bits per heavy atom. The largest absolute Gasteiger partial charge is 0.387 e. The smallest absolute Gasteiger partial charge is 0.315 e. The number of hydrogen-bond acceptors (Lipinski definition) is 2. The van der Waals surface area contributed by atoms with E-state index in [0.717, 1.165) is 19.3 Å². The van der Waals surface area contributed by atoms with E-state index in [9.17, 15) is 4.79 Å². The maximum absolute atomic E-state index is 11.2. The van der Waals surface area contributed by atoms with Gasteiger partial charge in [-0.3, -0.25) is 5.41 Å². The first-order valence-corrected chi connectivity index (χ1v) is 5.03. The number of nitrogens with two attached hydrogens (primary N) is 1. The Labute approximate surface area is 83.9 Å². The van der Waals surface area contributed by atoms with Crippen LogP contribution in [-0.2, 0) is 0 Å². The number of hydrogen-bond donors (Lipinski definition) is 4. The first kappa shape index (κ1) is 10.8. The van der Waals surface area contributed by atoms with Gasteiger partial charge in [-0.15, -0.1) is 0 Å². The molecule has 0 saturated heterocycles. The third-order valence-corrected chi connectivity index (χ3v) is 2.57. The summed E-state index contributed by atoms with van der Waals surface area (Å²) in [5, 5.41) is 12.9. The lowest BCUT2D eigenvalue weighted by Gasteiger charge is -2.19. The first-order valence-electron chi connectivity index (χ1n) is 5.03. The monoisotopic (exact) mass is 198 g/mol. The summed E-state index contributed by atoms with van der Waals surface area (Å²) in [7, 11) is 0. The van der Waals surface area contributed by atoms with Crippen LogP contribution in [0.25, 0.3) is 0 Å². The van der Waals surface area contributed by atoms with Crippen LogP contribution in [0, 0.1) is 11.3 Å². The molecule has 2 atom stereocenters. The normalized spacial score (nSPS) is 25.8. The lowest BCUT2D eigenvalue weighted by molar-refractivity contribution is 0.236. The molecule has 1 rings (SSSR count). The summed E-state index contributed by atoms with van der Waals surface area (Å²) in [6.07, 6.45) is 2.86. The quantitative estimate of drug-likeness (QED) is 0.391. The van der Waals surface area contributed by atoms with E-state index < -0.39 is 0 Å². The van der Waals surface area contributed by atoms with Crippen molar-refractivity contribution in [2.24, 2.45) is 11.7 Å². The molecular weight excluding hydrogens is 180 g/mol. The molecule has 0 aromatic carbocycles. The van der Waals surface area contributed by atoms with E-state index in [0.29, 0.717) is 6.54 Å². The third kappa shape index (κ3) is 2.61. The van der Waals surface area contributed by atoms with Gasteiger partial charge in [-0.05, 0) is 19.8 Å². The van der Waals surface area contributed by atoms with Gasteiger partial charge in [-0.2, -0.15) is 0 Å². The van der Waals surface area contributed by atoms with Gasteiger partial charge < -0.3 is 16.4 Å². The predicted molar refractivity (Wildman–Crippen MR) is 55.3 cm³/mol. The zero-order valence-corrected chi connectivity index (χ0v) is 8.47. The number of urea groups is 1. The molecule has 0 aliphatic heterocycles. The third-order valence-electron chi connectivity index (χ3n) is 2.57. The molecule has 2 amide bonds. The Kier molecular flexibility index (Phi) is 3.73. The molecule has 1 saturated carbocycles. The average Bonchev–Trinajstić information content (AvgIpc) is 2.52. The molecule has 5 N–H and O–H groups in total. The molecule has 5 nitrogen and oxygen atoms in total. The fourth-order valence-corrected chi connectivity index (χ4v) is 1.89. The number of rotatable bonds is 3. The van der Waals surface area contributed by atoms with Crippen molar-refractivity contribution in [1.29, 1.82) is 5.41 Å². The van der Waals surface area contributed by atoms with Crippen molar-refractivity contribution in [2.45, 2.75) is 32.2 Å². The molecule has 1 fully saturated rings. The van der Waals surface area contributed by atoms with Gasteiger partial charge in [0.25, 0.3) is 0 Å². The maximum Gasteiger partial charge on any atom is 0.315 e. The molecule has 5 heteroatoms. The number of amides is 2. The first-order chi connectivity index (χ1) is 6.65. The van der Waals surface area contributed by atoms with Gasteiger partial charge in [0.2, 0.25) is 0 Å². The van der Waals surface area contributed by atoms with Crippen molar-refractivity contribution in [1.82, 2.24) is 10.6 Å². The minimum Gasteiger partial charge on any atom is -0.387 e. The second kappa shape index (κ2) is 4.83.